The third-order valence-electron chi connectivity index (χ3n) is 2.26. The summed E-state index contributed by atoms with van der Waals surface area (Å²) in [7, 11) is 0. The number of hydrogen-bond acceptors (Lipinski definition) is 1. The lowest BCUT2D eigenvalue weighted by Gasteiger charge is -2.12. The van der Waals surface area contributed by atoms with Gasteiger partial charge in [-0.1, -0.05) is 26.7 Å². The van der Waals surface area contributed by atoms with E-state index >= 15 is 0 Å². The van der Waals surface area contributed by atoms with Crippen molar-refractivity contribution in [2.45, 2.75) is 39.5 Å². The Morgan fingerprint density at radius 2 is 2.00 bits per heavy atom. The van der Waals surface area contributed by atoms with Gasteiger partial charge in [-0.05, 0) is 25.4 Å². The Balaban J connectivity index is 3.13. The summed E-state index contributed by atoms with van der Waals surface area (Å²) in [5, 5.41) is 3.43. The van der Waals surface area contributed by atoms with Crippen molar-refractivity contribution in [3.63, 3.8) is 0 Å². The van der Waals surface area contributed by atoms with E-state index < -0.39 is 0 Å². The van der Waals surface area contributed by atoms with Gasteiger partial charge in [-0.15, -0.1) is 12.3 Å². The minimum atomic E-state index is 0.843. The second-order valence-electron chi connectivity index (χ2n) is 3.19. The fraction of sp³-hybridized carbons (Fsp3) is 0.818. The van der Waals surface area contributed by atoms with Crippen molar-refractivity contribution < 1.29 is 0 Å². The molecule has 1 heteroatoms. The molecule has 0 aromatic carbocycles. The first-order valence-electron chi connectivity index (χ1n) is 4.99. The van der Waals surface area contributed by atoms with Crippen molar-refractivity contribution in [3.05, 3.63) is 0 Å². The molecule has 0 rings (SSSR count). The Morgan fingerprint density at radius 1 is 1.33 bits per heavy atom. The topological polar surface area (TPSA) is 12.0 Å². The molecule has 0 fully saturated rings. The summed E-state index contributed by atoms with van der Waals surface area (Å²) in [6.45, 7) is 6.72. The number of nitrogens with one attached hydrogen (secondary N) is 1. The molecular formula is C11H21N. The summed E-state index contributed by atoms with van der Waals surface area (Å²) in [6, 6.07) is 0. The Morgan fingerprint density at radius 3 is 2.50 bits per heavy atom. The zero-order chi connectivity index (χ0) is 9.23. The molecule has 0 bridgehead atoms. The number of unbranched alkanes of at least 4 members (excludes halogenated alkanes) is 1. The number of terminal acetylenes is 1. The summed E-state index contributed by atoms with van der Waals surface area (Å²) in [5.74, 6) is 3.49. The van der Waals surface area contributed by atoms with Crippen LogP contribution in [0.25, 0.3) is 0 Å². The van der Waals surface area contributed by atoms with E-state index in [1.165, 1.54) is 12.8 Å². The highest BCUT2D eigenvalue weighted by Gasteiger charge is 2.00. The lowest BCUT2D eigenvalue weighted by Crippen LogP contribution is -2.23. The van der Waals surface area contributed by atoms with Crippen molar-refractivity contribution in [2.75, 3.05) is 13.1 Å². The molecule has 0 radical (unpaired) electrons. The van der Waals surface area contributed by atoms with Gasteiger partial charge in [-0.3, -0.25) is 0 Å². The van der Waals surface area contributed by atoms with Crippen molar-refractivity contribution in [1.29, 1.82) is 0 Å². The van der Waals surface area contributed by atoms with E-state index in [1.54, 1.807) is 0 Å². The minimum absolute atomic E-state index is 0.843. The van der Waals surface area contributed by atoms with E-state index in [1.807, 2.05) is 0 Å². The largest absolute Gasteiger partial charge is 0.316 e. The quantitative estimate of drug-likeness (QED) is 0.453. The van der Waals surface area contributed by atoms with Gasteiger partial charge in [0.05, 0.1) is 0 Å². The van der Waals surface area contributed by atoms with E-state index in [4.69, 9.17) is 6.42 Å². The van der Waals surface area contributed by atoms with Gasteiger partial charge >= 0.3 is 0 Å². The smallest absolute Gasteiger partial charge is 0.00981 e. The molecule has 70 valence electrons. The van der Waals surface area contributed by atoms with E-state index in [2.05, 4.69) is 25.1 Å². The summed E-state index contributed by atoms with van der Waals surface area (Å²) in [5.41, 5.74) is 0. The molecule has 0 aromatic heterocycles. The lowest BCUT2D eigenvalue weighted by molar-refractivity contribution is 0.449. The highest BCUT2D eigenvalue weighted by Crippen LogP contribution is 2.04. The molecule has 1 N–H and O–H groups in total. The van der Waals surface area contributed by atoms with Crippen molar-refractivity contribution in [2.24, 2.45) is 5.92 Å². The normalized spacial score (nSPS) is 10.2. The first kappa shape index (κ1) is 11.5. The molecule has 0 spiro atoms. The molecule has 0 aliphatic carbocycles. The zero-order valence-electron chi connectivity index (χ0n) is 8.40. The van der Waals surface area contributed by atoms with E-state index in [-0.39, 0.29) is 0 Å². The first-order valence-corrected chi connectivity index (χ1v) is 4.99. The van der Waals surface area contributed by atoms with E-state index in [0.717, 1.165) is 31.8 Å². The molecule has 12 heavy (non-hydrogen) atoms. The Labute approximate surface area is 76.9 Å². The van der Waals surface area contributed by atoms with Crippen LogP contribution >= 0.6 is 0 Å². The van der Waals surface area contributed by atoms with Crippen LogP contribution in [0.15, 0.2) is 0 Å². The standard InChI is InChI=1S/C11H21N/c1-4-7-8-9-12-10-11(5-2)6-3/h1,11-12H,5-10H2,2-3H3. The number of rotatable bonds is 7. The third-order valence-corrected chi connectivity index (χ3v) is 2.26. The Kier molecular flexibility index (Phi) is 8.27. The van der Waals surface area contributed by atoms with Gasteiger partial charge in [-0.25, -0.2) is 0 Å². The van der Waals surface area contributed by atoms with Gasteiger partial charge in [0.1, 0.15) is 0 Å². The van der Waals surface area contributed by atoms with Gasteiger partial charge in [-0.2, -0.15) is 0 Å². The molecular weight excluding hydrogens is 146 g/mol. The predicted molar refractivity (Wildman–Crippen MR) is 55.0 cm³/mol. The van der Waals surface area contributed by atoms with E-state index in [9.17, 15) is 0 Å². The van der Waals surface area contributed by atoms with Crippen molar-refractivity contribution in [1.82, 2.24) is 5.32 Å². The monoisotopic (exact) mass is 167 g/mol. The van der Waals surface area contributed by atoms with Gasteiger partial charge in [0.25, 0.3) is 0 Å². The molecule has 0 heterocycles. The fourth-order valence-electron chi connectivity index (χ4n) is 1.20. The van der Waals surface area contributed by atoms with Crippen LogP contribution in [-0.4, -0.2) is 13.1 Å². The molecule has 0 unspecified atom stereocenters. The van der Waals surface area contributed by atoms with Crippen LogP contribution in [0.2, 0.25) is 0 Å². The summed E-state index contributed by atoms with van der Waals surface area (Å²) in [6.07, 6.45) is 9.70. The second-order valence-corrected chi connectivity index (χ2v) is 3.19. The average molecular weight is 167 g/mol. The minimum Gasteiger partial charge on any atom is -0.316 e. The van der Waals surface area contributed by atoms with Crippen LogP contribution in [0.4, 0.5) is 0 Å². The molecule has 0 aliphatic heterocycles. The van der Waals surface area contributed by atoms with Crippen molar-refractivity contribution >= 4 is 0 Å². The van der Waals surface area contributed by atoms with Crippen LogP contribution in [0.3, 0.4) is 0 Å². The summed E-state index contributed by atoms with van der Waals surface area (Å²) in [4.78, 5) is 0. The summed E-state index contributed by atoms with van der Waals surface area (Å²) < 4.78 is 0. The van der Waals surface area contributed by atoms with Crippen LogP contribution < -0.4 is 5.32 Å². The van der Waals surface area contributed by atoms with Crippen LogP contribution in [0.1, 0.15) is 39.5 Å². The predicted octanol–water partition coefficient (Wildman–Crippen LogP) is 2.43. The highest BCUT2D eigenvalue weighted by molar-refractivity contribution is 4.83. The molecule has 0 atom stereocenters. The maximum absolute atomic E-state index is 5.15. The fourth-order valence-corrected chi connectivity index (χ4v) is 1.20. The maximum Gasteiger partial charge on any atom is 0.00981 e. The Bertz CT molecular complexity index is 119. The molecule has 0 saturated carbocycles. The van der Waals surface area contributed by atoms with Crippen LogP contribution in [0, 0.1) is 18.3 Å². The second kappa shape index (κ2) is 8.62. The third kappa shape index (κ3) is 6.24. The zero-order valence-corrected chi connectivity index (χ0v) is 8.40. The molecule has 0 aliphatic rings. The van der Waals surface area contributed by atoms with Crippen LogP contribution in [0.5, 0.6) is 0 Å². The molecule has 0 saturated heterocycles. The average Bonchev–Trinajstić information content (AvgIpc) is 2.11. The lowest BCUT2D eigenvalue weighted by atomic mass is 10.0. The Hall–Kier alpha value is -0.480. The molecule has 0 aromatic rings. The SMILES string of the molecule is C#CCCCNCC(CC)CC. The number of hydrogen-bond donors (Lipinski definition) is 1. The maximum atomic E-state index is 5.15. The van der Waals surface area contributed by atoms with Gasteiger partial charge in [0.2, 0.25) is 0 Å². The first-order chi connectivity index (χ1) is 5.85. The highest BCUT2D eigenvalue weighted by atomic mass is 14.8. The molecule has 1 nitrogen and oxygen atoms in total. The van der Waals surface area contributed by atoms with Crippen molar-refractivity contribution in [3.8, 4) is 12.3 Å². The van der Waals surface area contributed by atoms with Gasteiger partial charge in [0, 0.05) is 6.42 Å². The van der Waals surface area contributed by atoms with Gasteiger partial charge in [0.15, 0.2) is 0 Å². The summed E-state index contributed by atoms with van der Waals surface area (Å²) >= 11 is 0. The van der Waals surface area contributed by atoms with Crippen LogP contribution in [-0.2, 0) is 0 Å². The van der Waals surface area contributed by atoms with Gasteiger partial charge < -0.3 is 5.32 Å². The molecule has 0 amide bonds. The van der Waals surface area contributed by atoms with E-state index in [0.29, 0.717) is 0 Å².